The molecule has 4 nitrogen and oxygen atoms in total. The van der Waals surface area contributed by atoms with Gasteiger partial charge in [0.05, 0.1) is 11.7 Å². The number of nitrogens with zero attached hydrogens (tertiary/aromatic N) is 3. The Kier molecular flexibility index (Phi) is 2.96. The van der Waals surface area contributed by atoms with Gasteiger partial charge in [-0.3, -0.25) is 0 Å². The van der Waals surface area contributed by atoms with Crippen molar-refractivity contribution in [3.63, 3.8) is 0 Å². The lowest BCUT2D eigenvalue weighted by Gasteiger charge is -2.12. The lowest BCUT2D eigenvalue weighted by molar-refractivity contribution is 0.341. The molecule has 1 atom stereocenters. The van der Waals surface area contributed by atoms with Crippen molar-refractivity contribution in [3.8, 4) is 5.75 Å². The maximum absolute atomic E-state index is 9.44. The van der Waals surface area contributed by atoms with Crippen LogP contribution in [0.15, 0.2) is 24.5 Å². The van der Waals surface area contributed by atoms with Gasteiger partial charge in [-0.1, -0.05) is 6.92 Å². The van der Waals surface area contributed by atoms with E-state index >= 15 is 0 Å². The first-order valence-corrected chi connectivity index (χ1v) is 6.63. The number of aromatic hydroxyl groups is 1. The van der Waals surface area contributed by atoms with Crippen molar-refractivity contribution < 1.29 is 5.11 Å². The van der Waals surface area contributed by atoms with E-state index in [-0.39, 0.29) is 0 Å². The zero-order valence-electron chi connectivity index (χ0n) is 10.7. The van der Waals surface area contributed by atoms with E-state index in [1.54, 1.807) is 12.1 Å². The summed E-state index contributed by atoms with van der Waals surface area (Å²) < 4.78 is 2.08. The van der Waals surface area contributed by atoms with Gasteiger partial charge in [-0.05, 0) is 31.5 Å². The number of pyridine rings is 1. The van der Waals surface area contributed by atoms with Gasteiger partial charge in [0.2, 0.25) is 0 Å². The Hall–Kier alpha value is -1.55. The molecular formula is C14H19N3O. The Bertz CT molecular complexity index is 549. The van der Waals surface area contributed by atoms with Crippen molar-refractivity contribution >= 4 is 5.52 Å². The van der Waals surface area contributed by atoms with Gasteiger partial charge >= 0.3 is 0 Å². The molecule has 1 unspecified atom stereocenters. The molecule has 0 saturated carbocycles. The van der Waals surface area contributed by atoms with Gasteiger partial charge in [-0.25, -0.2) is 4.98 Å². The molecule has 4 heteroatoms. The minimum atomic E-state index is 0.298. The SMILES string of the molecule is CCN1CCC(Cc2ncc3cc(O)ccn23)C1. The van der Waals surface area contributed by atoms with Crippen LogP contribution in [0, 0.1) is 5.92 Å². The fourth-order valence-corrected chi connectivity index (χ4v) is 2.82. The van der Waals surface area contributed by atoms with Crippen molar-refractivity contribution in [3.05, 3.63) is 30.4 Å². The molecule has 1 N–H and O–H groups in total. The molecule has 18 heavy (non-hydrogen) atoms. The lowest BCUT2D eigenvalue weighted by Crippen LogP contribution is -2.20. The van der Waals surface area contributed by atoms with Gasteiger partial charge in [-0.15, -0.1) is 0 Å². The highest BCUT2D eigenvalue weighted by molar-refractivity contribution is 5.50. The minimum Gasteiger partial charge on any atom is -0.508 e. The molecule has 0 aromatic carbocycles. The van der Waals surface area contributed by atoms with E-state index < -0.39 is 0 Å². The highest BCUT2D eigenvalue weighted by atomic mass is 16.3. The molecule has 96 valence electrons. The highest BCUT2D eigenvalue weighted by Crippen LogP contribution is 2.21. The molecule has 3 heterocycles. The van der Waals surface area contributed by atoms with Crippen LogP contribution in [0.1, 0.15) is 19.2 Å². The number of fused-ring (bicyclic) bond motifs is 1. The standard InChI is InChI=1S/C14H19N3O/c1-2-16-5-3-11(10-16)7-14-15-9-12-8-13(18)4-6-17(12)14/h4,6,8-9,11,18H,2-3,5,7,10H2,1H3. The fraction of sp³-hybridized carbons (Fsp3) is 0.500. The number of aromatic nitrogens is 2. The summed E-state index contributed by atoms with van der Waals surface area (Å²) in [5.41, 5.74) is 0.968. The Labute approximate surface area is 107 Å². The average Bonchev–Trinajstić information content (AvgIpc) is 2.97. The molecule has 0 amide bonds. The van der Waals surface area contributed by atoms with E-state index in [2.05, 4.69) is 21.2 Å². The topological polar surface area (TPSA) is 40.8 Å². The molecular weight excluding hydrogens is 226 g/mol. The second kappa shape index (κ2) is 4.61. The summed E-state index contributed by atoms with van der Waals surface area (Å²) in [7, 11) is 0. The third kappa shape index (κ3) is 2.08. The third-order valence-electron chi connectivity index (χ3n) is 3.88. The normalized spacial score (nSPS) is 20.8. The van der Waals surface area contributed by atoms with Crippen LogP contribution < -0.4 is 0 Å². The predicted octanol–water partition coefficient (Wildman–Crippen LogP) is 1.92. The molecule has 1 aliphatic heterocycles. The van der Waals surface area contributed by atoms with Gasteiger partial charge in [0.25, 0.3) is 0 Å². The summed E-state index contributed by atoms with van der Waals surface area (Å²) >= 11 is 0. The molecule has 1 saturated heterocycles. The summed E-state index contributed by atoms with van der Waals surface area (Å²) in [5.74, 6) is 2.12. The van der Waals surface area contributed by atoms with E-state index in [0.717, 1.165) is 24.3 Å². The molecule has 0 aliphatic carbocycles. The van der Waals surface area contributed by atoms with Gasteiger partial charge in [0, 0.05) is 25.2 Å². The Morgan fingerprint density at radius 2 is 2.39 bits per heavy atom. The molecule has 0 radical (unpaired) electrons. The first-order chi connectivity index (χ1) is 8.76. The predicted molar refractivity (Wildman–Crippen MR) is 70.8 cm³/mol. The third-order valence-corrected chi connectivity index (χ3v) is 3.88. The van der Waals surface area contributed by atoms with Crippen LogP contribution in [0.3, 0.4) is 0 Å². The van der Waals surface area contributed by atoms with Crippen LogP contribution in [-0.2, 0) is 6.42 Å². The van der Waals surface area contributed by atoms with Crippen LogP contribution in [0.4, 0.5) is 0 Å². The van der Waals surface area contributed by atoms with Gasteiger partial charge in [-0.2, -0.15) is 0 Å². The van der Waals surface area contributed by atoms with Crippen molar-refractivity contribution in [2.45, 2.75) is 19.8 Å². The van der Waals surface area contributed by atoms with Crippen LogP contribution in [-0.4, -0.2) is 39.0 Å². The van der Waals surface area contributed by atoms with E-state index in [1.807, 2.05) is 12.4 Å². The Balaban J connectivity index is 1.79. The largest absolute Gasteiger partial charge is 0.508 e. The minimum absolute atomic E-state index is 0.298. The van der Waals surface area contributed by atoms with E-state index in [1.165, 1.54) is 19.5 Å². The molecule has 2 aromatic rings. The Morgan fingerprint density at radius 1 is 1.50 bits per heavy atom. The van der Waals surface area contributed by atoms with E-state index in [4.69, 9.17) is 0 Å². The zero-order chi connectivity index (χ0) is 12.5. The smallest absolute Gasteiger partial charge is 0.119 e. The molecule has 2 aromatic heterocycles. The first-order valence-electron chi connectivity index (χ1n) is 6.63. The molecule has 3 rings (SSSR count). The second-order valence-corrected chi connectivity index (χ2v) is 5.11. The van der Waals surface area contributed by atoms with E-state index in [9.17, 15) is 5.11 Å². The van der Waals surface area contributed by atoms with Gasteiger partial charge in [0.15, 0.2) is 0 Å². The van der Waals surface area contributed by atoms with Crippen molar-refractivity contribution in [2.75, 3.05) is 19.6 Å². The Morgan fingerprint density at radius 3 is 3.17 bits per heavy atom. The van der Waals surface area contributed by atoms with Crippen LogP contribution >= 0.6 is 0 Å². The van der Waals surface area contributed by atoms with Crippen LogP contribution in [0.25, 0.3) is 5.52 Å². The summed E-state index contributed by atoms with van der Waals surface area (Å²) in [5, 5.41) is 9.44. The van der Waals surface area contributed by atoms with Crippen molar-refractivity contribution in [1.29, 1.82) is 0 Å². The molecule has 0 bridgehead atoms. The quantitative estimate of drug-likeness (QED) is 0.898. The monoisotopic (exact) mass is 245 g/mol. The number of likely N-dealkylation sites (tertiary alicyclic amines) is 1. The van der Waals surface area contributed by atoms with Crippen LogP contribution in [0.2, 0.25) is 0 Å². The average molecular weight is 245 g/mol. The maximum atomic E-state index is 9.44. The molecule has 0 spiro atoms. The second-order valence-electron chi connectivity index (χ2n) is 5.11. The summed E-state index contributed by atoms with van der Waals surface area (Å²) in [6, 6.07) is 3.47. The van der Waals surface area contributed by atoms with Crippen molar-refractivity contribution in [1.82, 2.24) is 14.3 Å². The number of rotatable bonds is 3. The first kappa shape index (κ1) is 11.5. The summed E-state index contributed by atoms with van der Waals surface area (Å²) in [6.45, 7) is 5.76. The highest BCUT2D eigenvalue weighted by Gasteiger charge is 2.22. The fourth-order valence-electron chi connectivity index (χ4n) is 2.82. The molecule has 1 fully saturated rings. The number of imidazole rings is 1. The lowest BCUT2D eigenvalue weighted by atomic mass is 10.0. The zero-order valence-corrected chi connectivity index (χ0v) is 10.7. The summed E-state index contributed by atoms with van der Waals surface area (Å²) in [4.78, 5) is 6.98. The van der Waals surface area contributed by atoms with E-state index in [0.29, 0.717) is 11.7 Å². The number of hydrogen-bond donors (Lipinski definition) is 1. The molecule has 1 aliphatic rings. The van der Waals surface area contributed by atoms with Crippen LogP contribution in [0.5, 0.6) is 5.75 Å². The number of hydrogen-bond acceptors (Lipinski definition) is 3. The van der Waals surface area contributed by atoms with Gasteiger partial charge < -0.3 is 14.4 Å². The van der Waals surface area contributed by atoms with Gasteiger partial charge in [0.1, 0.15) is 11.6 Å². The van der Waals surface area contributed by atoms with Crippen molar-refractivity contribution in [2.24, 2.45) is 5.92 Å². The maximum Gasteiger partial charge on any atom is 0.119 e. The summed E-state index contributed by atoms with van der Waals surface area (Å²) in [6.07, 6.45) is 6.03.